The first-order valence-electron chi connectivity index (χ1n) is 6.19. The number of ketones is 1. The molecule has 0 heterocycles. The molecule has 0 aliphatic rings. The smallest absolute Gasteiger partial charge is 0.167 e. The molecule has 18 heavy (non-hydrogen) atoms. The Morgan fingerprint density at radius 2 is 2.06 bits per heavy atom. The van der Waals surface area contributed by atoms with Crippen LogP contribution in [0.3, 0.4) is 0 Å². The van der Waals surface area contributed by atoms with Crippen molar-refractivity contribution in [2.75, 3.05) is 33.4 Å². The molecule has 0 unspecified atom stereocenters. The summed E-state index contributed by atoms with van der Waals surface area (Å²) in [5, 5.41) is 0. The van der Waals surface area contributed by atoms with Crippen molar-refractivity contribution in [3.8, 4) is 0 Å². The summed E-state index contributed by atoms with van der Waals surface area (Å²) in [5.74, 6) is -0.601. The number of nitrogens with zero attached hydrogens (tertiary/aromatic N) is 1. The van der Waals surface area contributed by atoms with E-state index in [0.29, 0.717) is 26.2 Å². The van der Waals surface area contributed by atoms with Crippen molar-refractivity contribution in [2.45, 2.75) is 13.3 Å². The monoisotopic (exact) mass is 253 g/mol. The molecule has 0 amide bonds. The molecule has 1 aromatic rings. The van der Waals surface area contributed by atoms with Crippen LogP contribution in [-0.2, 0) is 4.74 Å². The highest BCUT2D eigenvalue weighted by molar-refractivity contribution is 5.96. The van der Waals surface area contributed by atoms with Crippen LogP contribution in [0.1, 0.15) is 23.7 Å². The first-order chi connectivity index (χ1) is 8.65. The maximum absolute atomic E-state index is 13.4. The van der Waals surface area contributed by atoms with E-state index in [1.165, 1.54) is 12.1 Å². The maximum Gasteiger partial charge on any atom is 0.167 e. The van der Waals surface area contributed by atoms with E-state index in [1.807, 2.05) is 18.9 Å². The van der Waals surface area contributed by atoms with Crippen molar-refractivity contribution in [1.29, 1.82) is 0 Å². The second-order valence-electron chi connectivity index (χ2n) is 4.15. The number of likely N-dealkylation sites (N-methyl/N-ethyl adjacent to an activating group) is 1. The van der Waals surface area contributed by atoms with E-state index in [9.17, 15) is 9.18 Å². The van der Waals surface area contributed by atoms with Crippen molar-refractivity contribution >= 4 is 5.78 Å². The zero-order chi connectivity index (χ0) is 13.4. The third-order valence-corrected chi connectivity index (χ3v) is 2.72. The van der Waals surface area contributed by atoms with Gasteiger partial charge in [-0.2, -0.15) is 0 Å². The number of ether oxygens (including phenoxy) is 1. The van der Waals surface area contributed by atoms with Crippen LogP contribution in [0.25, 0.3) is 0 Å². The van der Waals surface area contributed by atoms with Crippen LogP contribution in [-0.4, -0.2) is 44.0 Å². The van der Waals surface area contributed by atoms with Gasteiger partial charge in [0.25, 0.3) is 0 Å². The van der Waals surface area contributed by atoms with Crippen LogP contribution in [0.5, 0.6) is 0 Å². The number of carbonyl (C=O) groups is 1. The zero-order valence-electron chi connectivity index (χ0n) is 11.0. The van der Waals surface area contributed by atoms with Gasteiger partial charge in [0, 0.05) is 26.1 Å². The van der Waals surface area contributed by atoms with Gasteiger partial charge in [0.05, 0.1) is 12.2 Å². The molecular weight excluding hydrogens is 233 g/mol. The first kappa shape index (κ1) is 14.8. The average molecular weight is 253 g/mol. The zero-order valence-corrected chi connectivity index (χ0v) is 11.0. The lowest BCUT2D eigenvalue weighted by Gasteiger charge is -2.15. The third kappa shape index (κ3) is 4.94. The molecule has 0 spiro atoms. The number of hydrogen-bond acceptors (Lipinski definition) is 3. The Bertz CT molecular complexity index is 382. The molecule has 0 N–H and O–H groups in total. The fraction of sp³-hybridized carbons (Fsp3) is 0.500. The Kier molecular flexibility index (Phi) is 6.54. The van der Waals surface area contributed by atoms with Crippen molar-refractivity contribution in [1.82, 2.24) is 4.90 Å². The van der Waals surface area contributed by atoms with E-state index in [-0.39, 0.29) is 11.3 Å². The quantitative estimate of drug-likeness (QED) is 0.526. The average Bonchev–Trinajstić information content (AvgIpc) is 2.37. The van der Waals surface area contributed by atoms with Crippen LogP contribution >= 0.6 is 0 Å². The molecule has 1 rings (SSSR count). The lowest BCUT2D eigenvalue weighted by atomic mass is 10.1. The topological polar surface area (TPSA) is 29.5 Å². The van der Waals surface area contributed by atoms with Crippen LogP contribution < -0.4 is 0 Å². The molecule has 0 saturated heterocycles. The van der Waals surface area contributed by atoms with Gasteiger partial charge in [0.1, 0.15) is 5.82 Å². The molecule has 4 heteroatoms. The Hall–Kier alpha value is -1.26. The van der Waals surface area contributed by atoms with E-state index in [0.717, 1.165) is 6.54 Å². The molecule has 1 aromatic carbocycles. The minimum absolute atomic E-state index is 0.156. The van der Waals surface area contributed by atoms with E-state index < -0.39 is 5.82 Å². The molecule has 0 aliphatic carbocycles. The molecule has 100 valence electrons. The highest BCUT2D eigenvalue weighted by Crippen LogP contribution is 2.09. The first-order valence-corrected chi connectivity index (χ1v) is 6.19. The Morgan fingerprint density at radius 3 is 2.72 bits per heavy atom. The van der Waals surface area contributed by atoms with Gasteiger partial charge in [0.2, 0.25) is 0 Å². The molecular formula is C14H20FNO2. The van der Waals surface area contributed by atoms with Gasteiger partial charge in [-0.05, 0) is 26.1 Å². The van der Waals surface area contributed by atoms with Crippen molar-refractivity contribution < 1.29 is 13.9 Å². The second-order valence-corrected chi connectivity index (χ2v) is 4.15. The van der Waals surface area contributed by atoms with Gasteiger partial charge in [-0.3, -0.25) is 4.79 Å². The van der Waals surface area contributed by atoms with Crippen molar-refractivity contribution in [3.63, 3.8) is 0 Å². The van der Waals surface area contributed by atoms with E-state index >= 15 is 0 Å². The molecule has 0 bridgehead atoms. The van der Waals surface area contributed by atoms with Gasteiger partial charge in [-0.25, -0.2) is 4.39 Å². The lowest BCUT2D eigenvalue weighted by molar-refractivity contribution is 0.0942. The molecule has 0 saturated carbocycles. The van der Waals surface area contributed by atoms with Gasteiger partial charge in [-0.15, -0.1) is 0 Å². The predicted molar refractivity (Wildman–Crippen MR) is 69.3 cm³/mol. The van der Waals surface area contributed by atoms with E-state index in [2.05, 4.69) is 0 Å². The molecule has 3 nitrogen and oxygen atoms in total. The summed E-state index contributed by atoms with van der Waals surface area (Å²) >= 11 is 0. The number of halogens is 1. The highest BCUT2D eigenvalue weighted by Gasteiger charge is 2.11. The Balaban J connectivity index is 2.35. The summed E-state index contributed by atoms with van der Waals surface area (Å²) in [6, 6.07) is 6.10. The molecule has 0 aliphatic heterocycles. The molecule has 0 aromatic heterocycles. The predicted octanol–water partition coefficient (Wildman–Crippen LogP) is 2.37. The minimum atomic E-state index is -0.445. The summed E-state index contributed by atoms with van der Waals surface area (Å²) < 4.78 is 18.6. The number of benzene rings is 1. The van der Waals surface area contributed by atoms with Gasteiger partial charge < -0.3 is 9.64 Å². The number of hydrogen-bond donors (Lipinski definition) is 0. The summed E-state index contributed by atoms with van der Waals surface area (Å²) in [7, 11) is 1.92. The molecule has 0 radical (unpaired) electrons. The van der Waals surface area contributed by atoms with Gasteiger partial charge in [-0.1, -0.05) is 12.1 Å². The summed E-state index contributed by atoms with van der Waals surface area (Å²) in [4.78, 5) is 13.8. The van der Waals surface area contributed by atoms with Crippen LogP contribution in [0, 0.1) is 5.82 Å². The highest BCUT2D eigenvalue weighted by atomic mass is 19.1. The summed E-state index contributed by atoms with van der Waals surface area (Å²) in [6.45, 7) is 4.68. The fourth-order valence-electron chi connectivity index (χ4n) is 1.59. The molecule has 0 fully saturated rings. The SMILES string of the molecule is CCOCCN(C)CCC(=O)c1ccccc1F. The summed E-state index contributed by atoms with van der Waals surface area (Å²) in [6.07, 6.45) is 0.323. The van der Waals surface area contributed by atoms with Crippen LogP contribution in [0.15, 0.2) is 24.3 Å². The van der Waals surface area contributed by atoms with Gasteiger partial charge in [0.15, 0.2) is 5.78 Å². The Labute approximate surface area is 108 Å². The number of Topliss-reactive ketones (excluding diaryl/α,β-unsaturated/α-hetero) is 1. The fourth-order valence-corrected chi connectivity index (χ4v) is 1.59. The largest absolute Gasteiger partial charge is 0.380 e. The van der Waals surface area contributed by atoms with E-state index in [4.69, 9.17) is 4.74 Å². The van der Waals surface area contributed by atoms with E-state index in [1.54, 1.807) is 12.1 Å². The normalized spacial score (nSPS) is 10.9. The van der Waals surface area contributed by atoms with Crippen molar-refractivity contribution in [2.24, 2.45) is 0 Å². The lowest BCUT2D eigenvalue weighted by Crippen LogP contribution is -2.26. The van der Waals surface area contributed by atoms with Gasteiger partial charge >= 0.3 is 0 Å². The third-order valence-electron chi connectivity index (χ3n) is 2.72. The standard InChI is InChI=1S/C14H20FNO2/c1-3-18-11-10-16(2)9-8-14(17)12-6-4-5-7-13(12)15/h4-7H,3,8-11H2,1-2H3. The summed E-state index contributed by atoms with van der Waals surface area (Å²) in [5.41, 5.74) is 0.177. The maximum atomic E-state index is 13.4. The minimum Gasteiger partial charge on any atom is -0.380 e. The Morgan fingerprint density at radius 1 is 1.33 bits per heavy atom. The number of carbonyl (C=O) groups excluding carboxylic acids is 1. The molecule has 0 atom stereocenters. The second kappa shape index (κ2) is 7.95. The van der Waals surface area contributed by atoms with Crippen LogP contribution in [0.4, 0.5) is 4.39 Å². The number of rotatable bonds is 8. The van der Waals surface area contributed by atoms with Crippen molar-refractivity contribution in [3.05, 3.63) is 35.6 Å². The van der Waals surface area contributed by atoms with Crippen LogP contribution in [0.2, 0.25) is 0 Å².